The van der Waals surface area contributed by atoms with Crippen molar-refractivity contribution in [1.82, 2.24) is 4.90 Å². The predicted molar refractivity (Wildman–Crippen MR) is 141 cm³/mol. The molecule has 4 rings (SSSR count). The summed E-state index contributed by atoms with van der Waals surface area (Å²) in [6, 6.07) is 15.5. The van der Waals surface area contributed by atoms with Crippen molar-refractivity contribution >= 4 is 17.6 Å². The Kier molecular flexibility index (Phi) is 9.87. The summed E-state index contributed by atoms with van der Waals surface area (Å²) in [6.07, 6.45) is 1.31. The van der Waals surface area contributed by atoms with E-state index in [2.05, 4.69) is 10.2 Å². The van der Waals surface area contributed by atoms with Crippen LogP contribution in [-0.2, 0) is 35.1 Å². The van der Waals surface area contributed by atoms with Crippen LogP contribution in [-0.4, -0.2) is 66.9 Å². The molecule has 0 saturated carbocycles. The number of carbonyl (C=O) groups is 2. The third-order valence-electron chi connectivity index (χ3n) is 7.07. The van der Waals surface area contributed by atoms with E-state index in [1.807, 2.05) is 36.4 Å². The number of hydrogen-bond donors (Lipinski definition) is 2. The minimum absolute atomic E-state index is 0.00143. The summed E-state index contributed by atoms with van der Waals surface area (Å²) in [4.78, 5) is 25.9. The minimum atomic E-state index is -0.886. The number of aliphatic hydroxyl groups is 1. The molecular formula is C29H38N2O7. The molecule has 2 saturated heterocycles. The molecule has 2 aromatic rings. The van der Waals surface area contributed by atoms with Crippen LogP contribution in [0.1, 0.15) is 62.2 Å². The van der Waals surface area contributed by atoms with E-state index in [0.717, 1.165) is 42.6 Å². The van der Waals surface area contributed by atoms with Crippen molar-refractivity contribution in [3.05, 3.63) is 65.2 Å². The van der Waals surface area contributed by atoms with Crippen LogP contribution >= 0.6 is 0 Å². The highest BCUT2D eigenvalue weighted by atomic mass is 16.7. The lowest BCUT2D eigenvalue weighted by molar-refractivity contribution is -0.253. The molecule has 2 N–H and O–H groups in total. The van der Waals surface area contributed by atoms with Crippen LogP contribution in [0, 0.1) is 0 Å². The molecule has 38 heavy (non-hydrogen) atoms. The van der Waals surface area contributed by atoms with Crippen LogP contribution in [0.4, 0.5) is 5.69 Å². The lowest BCUT2D eigenvalue weighted by Crippen LogP contribution is -2.42. The maximum atomic E-state index is 12.3. The van der Waals surface area contributed by atoms with Crippen molar-refractivity contribution in [2.24, 2.45) is 0 Å². The largest absolute Gasteiger partial charge is 0.453 e. The monoisotopic (exact) mass is 526 g/mol. The van der Waals surface area contributed by atoms with Gasteiger partial charge in [-0.15, -0.1) is 0 Å². The Morgan fingerprint density at radius 1 is 1.11 bits per heavy atom. The number of nitrogens with one attached hydrogen (secondary N) is 1. The van der Waals surface area contributed by atoms with Gasteiger partial charge in [0.15, 0.2) is 12.4 Å². The van der Waals surface area contributed by atoms with Gasteiger partial charge in [-0.1, -0.05) is 36.4 Å². The molecule has 0 bridgehead atoms. The Bertz CT molecular complexity index is 1060. The van der Waals surface area contributed by atoms with Crippen LogP contribution in [0.15, 0.2) is 48.5 Å². The van der Waals surface area contributed by atoms with Gasteiger partial charge in [0.05, 0.1) is 25.4 Å². The Morgan fingerprint density at radius 2 is 1.82 bits per heavy atom. The third kappa shape index (κ3) is 7.39. The SMILES string of the molecule is COC[C@@H]1CCCN1C[C@H]1C[C@@H](c2ccc(CO)cc2)O[C@@H](c2ccc(NC(=O)[C@H](C)OC(C)=O)cc2)O1. The fraction of sp³-hybridized carbons (Fsp3) is 0.517. The van der Waals surface area contributed by atoms with E-state index >= 15 is 0 Å². The van der Waals surface area contributed by atoms with Gasteiger partial charge in [-0.2, -0.15) is 0 Å². The molecule has 0 aromatic heterocycles. The van der Waals surface area contributed by atoms with Crippen LogP contribution in [0.3, 0.4) is 0 Å². The van der Waals surface area contributed by atoms with Gasteiger partial charge < -0.3 is 29.4 Å². The third-order valence-corrected chi connectivity index (χ3v) is 7.07. The number of benzene rings is 2. The lowest BCUT2D eigenvalue weighted by atomic mass is 9.99. The zero-order chi connectivity index (χ0) is 27.1. The van der Waals surface area contributed by atoms with Gasteiger partial charge in [0.2, 0.25) is 0 Å². The maximum Gasteiger partial charge on any atom is 0.303 e. The zero-order valence-corrected chi connectivity index (χ0v) is 22.3. The van der Waals surface area contributed by atoms with Crippen molar-refractivity contribution in [3.8, 4) is 0 Å². The number of rotatable bonds is 10. The normalized spacial score (nSPS) is 24.6. The van der Waals surface area contributed by atoms with Crippen molar-refractivity contribution < 1.29 is 33.6 Å². The fourth-order valence-electron chi connectivity index (χ4n) is 5.08. The van der Waals surface area contributed by atoms with E-state index in [9.17, 15) is 14.7 Å². The molecular weight excluding hydrogens is 488 g/mol. The number of likely N-dealkylation sites (tertiary alicyclic amines) is 1. The molecule has 2 aromatic carbocycles. The average Bonchev–Trinajstić information content (AvgIpc) is 3.35. The average molecular weight is 527 g/mol. The standard InChI is InChI=1S/C29H38N2O7/c1-19(36-20(2)33)28(34)30-24-12-10-23(11-13-24)29-37-26(16-31-14-4-5-25(31)18-35-3)15-27(38-29)22-8-6-21(17-32)7-9-22/h6-13,19,25-27,29,32H,4-5,14-18H2,1-3H3,(H,30,34)/t19-,25-,26+,27-,29-/m0/s1. The Balaban J connectivity index is 1.48. The first-order chi connectivity index (χ1) is 18.4. The number of hydrogen-bond acceptors (Lipinski definition) is 8. The van der Waals surface area contributed by atoms with E-state index < -0.39 is 24.3 Å². The lowest BCUT2D eigenvalue weighted by Gasteiger charge is -2.38. The molecule has 2 aliphatic heterocycles. The van der Waals surface area contributed by atoms with E-state index in [1.165, 1.54) is 13.8 Å². The second-order valence-electron chi connectivity index (χ2n) is 9.96. The minimum Gasteiger partial charge on any atom is -0.453 e. The highest BCUT2D eigenvalue weighted by Gasteiger charge is 2.35. The van der Waals surface area contributed by atoms with Crippen molar-refractivity contribution in [2.75, 3.05) is 32.1 Å². The molecule has 206 valence electrons. The quantitative estimate of drug-likeness (QED) is 0.451. The molecule has 9 nitrogen and oxygen atoms in total. The Morgan fingerprint density at radius 3 is 2.47 bits per heavy atom. The first kappa shape index (κ1) is 28.2. The number of nitrogens with zero attached hydrogens (tertiary/aromatic N) is 1. The highest BCUT2D eigenvalue weighted by Crippen LogP contribution is 2.39. The highest BCUT2D eigenvalue weighted by molar-refractivity contribution is 5.94. The fourth-order valence-corrected chi connectivity index (χ4v) is 5.08. The number of ether oxygens (including phenoxy) is 4. The summed E-state index contributed by atoms with van der Waals surface area (Å²) in [5.41, 5.74) is 3.32. The van der Waals surface area contributed by atoms with Gasteiger partial charge >= 0.3 is 5.97 Å². The van der Waals surface area contributed by atoms with E-state index in [0.29, 0.717) is 24.8 Å². The van der Waals surface area contributed by atoms with Gasteiger partial charge in [-0.05, 0) is 49.6 Å². The van der Waals surface area contributed by atoms with Gasteiger partial charge in [-0.3, -0.25) is 14.5 Å². The first-order valence-electron chi connectivity index (χ1n) is 13.2. The summed E-state index contributed by atoms with van der Waals surface area (Å²) >= 11 is 0. The molecule has 2 fully saturated rings. The summed E-state index contributed by atoms with van der Waals surface area (Å²) < 4.78 is 23.3. The zero-order valence-electron chi connectivity index (χ0n) is 22.3. The van der Waals surface area contributed by atoms with Gasteiger partial charge in [0.1, 0.15) is 0 Å². The van der Waals surface area contributed by atoms with Crippen LogP contribution in [0.25, 0.3) is 0 Å². The number of methoxy groups -OCH3 is 1. The second-order valence-corrected chi connectivity index (χ2v) is 9.96. The summed E-state index contributed by atoms with van der Waals surface area (Å²) in [5.74, 6) is -0.909. The Hall–Kier alpha value is -2.82. The molecule has 1 amide bonds. The number of aliphatic hydroxyl groups excluding tert-OH is 1. The summed E-state index contributed by atoms with van der Waals surface area (Å²) in [7, 11) is 1.74. The summed E-state index contributed by atoms with van der Waals surface area (Å²) in [6.45, 7) is 5.32. The van der Waals surface area contributed by atoms with E-state index in [-0.39, 0.29) is 18.8 Å². The predicted octanol–water partition coefficient (Wildman–Crippen LogP) is 3.73. The smallest absolute Gasteiger partial charge is 0.303 e. The van der Waals surface area contributed by atoms with Gasteiger partial charge in [0, 0.05) is 44.3 Å². The van der Waals surface area contributed by atoms with E-state index in [4.69, 9.17) is 18.9 Å². The number of esters is 1. The molecule has 0 radical (unpaired) electrons. The number of amides is 1. The molecule has 0 unspecified atom stereocenters. The van der Waals surface area contributed by atoms with E-state index in [1.54, 1.807) is 19.2 Å². The molecule has 9 heteroatoms. The van der Waals surface area contributed by atoms with Crippen molar-refractivity contribution in [1.29, 1.82) is 0 Å². The first-order valence-corrected chi connectivity index (χ1v) is 13.2. The number of anilines is 1. The Labute approximate surface area is 224 Å². The maximum absolute atomic E-state index is 12.3. The second kappa shape index (κ2) is 13.3. The molecule has 2 aliphatic rings. The van der Waals surface area contributed by atoms with Gasteiger partial charge in [0.25, 0.3) is 5.91 Å². The van der Waals surface area contributed by atoms with Crippen molar-refractivity contribution in [2.45, 2.75) is 70.4 Å². The van der Waals surface area contributed by atoms with Gasteiger partial charge in [-0.25, -0.2) is 0 Å². The molecule has 2 heterocycles. The molecule has 5 atom stereocenters. The van der Waals surface area contributed by atoms with Crippen molar-refractivity contribution in [3.63, 3.8) is 0 Å². The van der Waals surface area contributed by atoms with Crippen LogP contribution in [0.5, 0.6) is 0 Å². The van der Waals surface area contributed by atoms with Crippen LogP contribution in [0.2, 0.25) is 0 Å². The molecule has 0 spiro atoms. The summed E-state index contributed by atoms with van der Waals surface area (Å²) in [5, 5.41) is 12.2. The molecule has 0 aliphatic carbocycles. The van der Waals surface area contributed by atoms with Crippen LogP contribution < -0.4 is 5.32 Å². The topological polar surface area (TPSA) is 107 Å². The number of carbonyl (C=O) groups excluding carboxylic acids is 2.